The number of hydrogen-bond donors (Lipinski definition) is 0. The molecule has 0 bridgehead atoms. The molecule has 154 valence electrons. The lowest BCUT2D eigenvalue weighted by Gasteiger charge is -2.16. The normalized spacial score (nSPS) is 12.0. The van der Waals surface area contributed by atoms with Gasteiger partial charge in [0.1, 0.15) is 6.10 Å². The van der Waals surface area contributed by atoms with E-state index in [9.17, 15) is 9.59 Å². The average molecular weight is 371 g/mol. The van der Waals surface area contributed by atoms with Crippen LogP contribution in [0.25, 0.3) is 0 Å². The fourth-order valence-corrected chi connectivity index (χ4v) is 3.24. The van der Waals surface area contributed by atoms with Crippen molar-refractivity contribution in [1.82, 2.24) is 0 Å². The fourth-order valence-electron chi connectivity index (χ4n) is 3.24. The summed E-state index contributed by atoms with van der Waals surface area (Å²) in [5.41, 5.74) is 0. The standard InChI is InChI=1S/C22H42O4/c1-4-6-7-8-9-10-11-12-13-14-15-17-21(26-20(3)23)18-16-19-22(24)25-5-2/h21H,4-19H2,1-3H3. The first kappa shape index (κ1) is 24.9. The zero-order valence-electron chi connectivity index (χ0n) is 17.5. The van der Waals surface area contributed by atoms with Crippen LogP contribution in [0.1, 0.15) is 117 Å². The quantitative estimate of drug-likeness (QED) is 0.208. The summed E-state index contributed by atoms with van der Waals surface area (Å²) in [5, 5.41) is 0. The van der Waals surface area contributed by atoms with E-state index in [4.69, 9.17) is 9.47 Å². The molecule has 0 saturated carbocycles. The molecule has 0 aromatic carbocycles. The highest BCUT2D eigenvalue weighted by Gasteiger charge is 2.13. The predicted molar refractivity (Wildman–Crippen MR) is 107 cm³/mol. The predicted octanol–water partition coefficient (Wildman–Crippen LogP) is 6.35. The Morgan fingerprint density at radius 2 is 1.23 bits per heavy atom. The molecular formula is C22H42O4. The molecule has 0 saturated heterocycles. The summed E-state index contributed by atoms with van der Waals surface area (Å²) in [6.45, 7) is 5.95. The van der Waals surface area contributed by atoms with Crippen LogP contribution in [0.3, 0.4) is 0 Å². The molecule has 0 amide bonds. The average Bonchev–Trinajstić information content (AvgIpc) is 2.59. The van der Waals surface area contributed by atoms with Crippen molar-refractivity contribution < 1.29 is 19.1 Å². The number of rotatable bonds is 18. The van der Waals surface area contributed by atoms with Crippen molar-refractivity contribution in [2.24, 2.45) is 0 Å². The molecule has 0 aromatic rings. The molecule has 0 spiro atoms. The Morgan fingerprint density at radius 3 is 1.73 bits per heavy atom. The van der Waals surface area contributed by atoms with Crippen molar-refractivity contribution in [2.75, 3.05) is 6.61 Å². The summed E-state index contributed by atoms with van der Waals surface area (Å²) >= 11 is 0. The molecule has 0 rings (SSSR count). The summed E-state index contributed by atoms with van der Waals surface area (Å²) in [4.78, 5) is 22.6. The smallest absolute Gasteiger partial charge is 0.305 e. The van der Waals surface area contributed by atoms with Gasteiger partial charge in [-0.3, -0.25) is 9.59 Å². The molecule has 1 unspecified atom stereocenters. The summed E-state index contributed by atoms with van der Waals surface area (Å²) in [5.74, 6) is -0.391. The van der Waals surface area contributed by atoms with Crippen LogP contribution in [0, 0.1) is 0 Å². The van der Waals surface area contributed by atoms with Crippen molar-refractivity contribution in [3.05, 3.63) is 0 Å². The summed E-state index contributed by atoms with van der Waals surface area (Å²) in [6, 6.07) is 0. The molecule has 1 atom stereocenters. The lowest BCUT2D eigenvalue weighted by molar-refractivity contribution is -0.147. The van der Waals surface area contributed by atoms with Gasteiger partial charge in [0.05, 0.1) is 6.61 Å². The largest absolute Gasteiger partial charge is 0.466 e. The van der Waals surface area contributed by atoms with Gasteiger partial charge in [0.2, 0.25) is 0 Å². The second kappa shape index (κ2) is 18.7. The summed E-state index contributed by atoms with van der Waals surface area (Å²) in [7, 11) is 0. The zero-order valence-corrected chi connectivity index (χ0v) is 17.5. The number of hydrogen-bond acceptors (Lipinski definition) is 4. The van der Waals surface area contributed by atoms with E-state index in [0.29, 0.717) is 13.0 Å². The minimum absolute atomic E-state index is 0.0551. The van der Waals surface area contributed by atoms with E-state index >= 15 is 0 Å². The molecule has 0 aliphatic heterocycles. The topological polar surface area (TPSA) is 52.6 Å². The Bertz CT molecular complexity index is 341. The first-order chi connectivity index (χ1) is 12.6. The van der Waals surface area contributed by atoms with Crippen molar-refractivity contribution in [3.8, 4) is 0 Å². The van der Waals surface area contributed by atoms with Gasteiger partial charge in [-0.25, -0.2) is 0 Å². The van der Waals surface area contributed by atoms with Gasteiger partial charge < -0.3 is 9.47 Å². The first-order valence-corrected chi connectivity index (χ1v) is 10.9. The van der Waals surface area contributed by atoms with Crippen LogP contribution < -0.4 is 0 Å². The molecule has 4 heteroatoms. The maximum Gasteiger partial charge on any atom is 0.305 e. The molecule has 0 aliphatic carbocycles. The maximum absolute atomic E-state index is 11.4. The molecule has 0 radical (unpaired) electrons. The minimum Gasteiger partial charge on any atom is -0.466 e. The van der Waals surface area contributed by atoms with Gasteiger partial charge in [0.15, 0.2) is 0 Å². The third kappa shape index (κ3) is 17.8. The third-order valence-electron chi connectivity index (χ3n) is 4.67. The van der Waals surface area contributed by atoms with Crippen LogP contribution in [0.5, 0.6) is 0 Å². The van der Waals surface area contributed by atoms with E-state index in [1.165, 1.54) is 71.1 Å². The van der Waals surface area contributed by atoms with Crippen molar-refractivity contribution in [1.29, 1.82) is 0 Å². The van der Waals surface area contributed by atoms with E-state index < -0.39 is 0 Å². The number of carbonyl (C=O) groups is 2. The van der Waals surface area contributed by atoms with Crippen LogP contribution in [0.15, 0.2) is 0 Å². The maximum atomic E-state index is 11.4. The highest BCUT2D eigenvalue weighted by molar-refractivity contribution is 5.69. The first-order valence-electron chi connectivity index (χ1n) is 10.9. The van der Waals surface area contributed by atoms with E-state index in [1.54, 1.807) is 0 Å². The lowest BCUT2D eigenvalue weighted by atomic mass is 10.0. The van der Waals surface area contributed by atoms with E-state index in [-0.39, 0.29) is 18.0 Å². The molecule has 0 aromatic heterocycles. The van der Waals surface area contributed by atoms with Crippen LogP contribution in [-0.4, -0.2) is 24.6 Å². The van der Waals surface area contributed by atoms with Gasteiger partial charge in [0, 0.05) is 13.3 Å². The van der Waals surface area contributed by atoms with E-state index in [0.717, 1.165) is 25.7 Å². The van der Waals surface area contributed by atoms with Crippen LogP contribution in [0.4, 0.5) is 0 Å². The molecule has 0 N–H and O–H groups in total. The van der Waals surface area contributed by atoms with Gasteiger partial charge in [-0.1, -0.05) is 71.1 Å². The Morgan fingerprint density at radius 1 is 0.731 bits per heavy atom. The Hall–Kier alpha value is -1.06. The number of carbonyl (C=O) groups excluding carboxylic acids is 2. The van der Waals surface area contributed by atoms with E-state index in [1.807, 2.05) is 6.92 Å². The van der Waals surface area contributed by atoms with Gasteiger partial charge in [0.25, 0.3) is 0 Å². The number of ether oxygens (including phenoxy) is 2. The molecule has 4 nitrogen and oxygen atoms in total. The number of unbranched alkanes of at least 4 members (excludes halogenated alkanes) is 10. The van der Waals surface area contributed by atoms with Gasteiger partial charge >= 0.3 is 11.9 Å². The van der Waals surface area contributed by atoms with Crippen molar-refractivity contribution >= 4 is 11.9 Å². The zero-order chi connectivity index (χ0) is 19.5. The van der Waals surface area contributed by atoms with Crippen LogP contribution in [-0.2, 0) is 19.1 Å². The SMILES string of the molecule is CCCCCCCCCCCCCC(CCCC(=O)OCC)OC(C)=O. The van der Waals surface area contributed by atoms with Gasteiger partial charge in [-0.2, -0.15) is 0 Å². The van der Waals surface area contributed by atoms with Crippen molar-refractivity contribution in [3.63, 3.8) is 0 Å². The lowest BCUT2D eigenvalue weighted by Crippen LogP contribution is -2.17. The fraction of sp³-hybridized carbons (Fsp3) is 0.909. The summed E-state index contributed by atoms with van der Waals surface area (Å²) < 4.78 is 10.3. The molecule has 26 heavy (non-hydrogen) atoms. The van der Waals surface area contributed by atoms with Crippen LogP contribution in [0.2, 0.25) is 0 Å². The van der Waals surface area contributed by atoms with Gasteiger partial charge in [-0.15, -0.1) is 0 Å². The molecule has 0 fully saturated rings. The monoisotopic (exact) mass is 370 g/mol. The molecular weight excluding hydrogens is 328 g/mol. The van der Waals surface area contributed by atoms with E-state index in [2.05, 4.69) is 6.92 Å². The van der Waals surface area contributed by atoms with Gasteiger partial charge in [-0.05, 0) is 32.6 Å². The molecule has 0 heterocycles. The number of esters is 2. The Labute approximate surface area is 161 Å². The third-order valence-corrected chi connectivity index (χ3v) is 4.67. The second-order valence-electron chi connectivity index (χ2n) is 7.25. The molecule has 0 aliphatic rings. The Kier molecular flexibility index (Phi) is 18.0. The highest BCUT2D eigenvalue weighted by atomic mass is 16.5. The highest BCUT2D eigenvalue weighted by Crippen LogP contribution is 2.16. The second-order valence-corrected chi connectivity index (χ2v) is 7.25. The Balaban J connectivity index is 3.64. The summed E-state index contributed by atoms with van der Waals surface area (Å²) in [6.07, 6.45) is 17.2. The van der Waals surface area contributed by atoms with Crippen molar-refractivity contribution in [2.45, 2.75) is 123 Å². The minimum atomic E-state index is -0.228. The van der Waals surface area contributed by atoms with Crippen LogP contribution >= 0.6 is 0 Å².